The number of hydrogen-bond donors (Lipinski definition) is 1. The van der Waals surface area contributed by atoms with Crippen LogP contribution >= 0.6 is 15.9 Å². The third-order valence-corrected chi connectivity index (χ3v) is 5.78. The minimum Gasteiger partial charge on any atom is -0.355 e. The number of carbonyl (C=O) groups is 2. The number of benzene rings is 1. The van der Waals surface area contributed by atoms with Crippen molar-refractivity contribution in [1.29, 1.82) is 0 Å². The number of rotatable bonds is 9. The molecule has 0 unspecified atom stereocenters. The van der Waals surface area contributed by atoms with E-state index >= 15 is 0 Å². The lowest BCUT2D eigenvalue weighted by Gasteiger charge is -2.42. The summed E-state index contributed by atoms with van der Waals surface area (Å²) in [7, 11) is 0. The summed E-state index contributed by atoms with van der Waals surface area (Å²) in [4.78, 5) is 26.0. The first-order valence-electron chi connectivity index (χ1n) is 9.31. The molecule has 1 aliphatic rings. The zero-order chi connectivity index (χ0) is 18.3. The van der Waals surface area contributed by atoms with E-state index in [1.54, 1.807) is 0 Å². The summed E-state index contributed by atoms with van der Waals surface area (Å²) < 4.78 is 1.08. The van der Waals surface area contributed by atoms with Crippen molar-refractivity contribution in [3.63, 3.8) is 0 Å². The molecule has 0 bridgehead atoms. The summed E-state index contributed by atoms with van der Waals surface area (Å²) in [6.07, 6.45) is 4.92. The second kappa shape index (κ2) is 9.37. The lowest BCUT2D eigenvalue weighted by atomic mass is 9.64. The third-order valence-electron chi connectivity index (χ3n) is 5.28. The first kappa shape index (κ1) is 20.0. The maximum absolute atomic E-state index is 12.2. The molecule has 4 nitrogen and oxygen atoms in total. The summed E-state index contributed by atoms with van der Waals surface area (Å²) in [5.74, 6) is 0.191. The highest BCUT2D eigenvalue weighted by Gasteiger charge is 2.38. The van der Waals surface area contributed by atoms with Crippen LogP contribution in [-0.2, 0) is 15.0 Å². The molecule has 1 saturated carbocycles. The summed E-state index contributed by atoms with van der Waals surface area (Å²) in [5, 5.41) is 3.10. The fourth-order valence-electron chi connectivity index (χ4n) is 3.48. The van der Waals surface area contributed by atoms with Gasteiger partial charge in [-0.15, -0.1) is 0 Å². The van der Waals surface area contributed by atoms with Crippen LogP contribution in [0.5, 0.6) is 0 Å². The van der Waals surface area contributed by atoms with Gasteiger partial charge in [-0.1, -0.05) is 34.5 Å². The number of nitrogens with zero attached hydrogens (tertiary/aromatic N) is 1. The maximum Gasteiger partial charge on any atom is 0.222 e. The lowest BCUT2D eigenvalue weighted by Crippen LogP contribution is -2.45. The summed E-state index contributed by atoms with van der Waals surface area (Å²) in [6.45, 7) is 6.11. The molecule has 1 aromatic carbocycles. The van der Waals surface area contributed by atoms with Crippen molar-refractivity contribution < 1.29 is 9.59 Å². The fourth-order valence-corrected chi connectivity index (χ4v) is 3.88. The molecule has 0 atom stereocenters. The van der Waals surface area contributed by atoms with Gasteiger partial charge in [-0.25, -0.2) is 0 Å². The molecule has 2 amide bonds. The van der Waals surface area contributed by atoms with E-state index in [-0.39, 0.29) is 17.2 Å². The van der Waals surface area contributed by atoms with Gasteiger partial charge in [0, 0.05) is 42.4 Å². The van der Waals surface area contributed by atoms with Crippen LogP contribution in [-0.4, -0.2) is 36.3 Å². The predicted octanol–water partition coefficient (Wildman–Crippen LogP) is 4.03. The molecule has 5 heteroatoms. The maximum atomic E-state index is 12.2. The minimum atomic E-state index is 0.0496. The Morgan fingerprint density at radius 2 is 1.92 bits per heavy atom. The quantitative estimate of drug-likeness (QED) is 0.670. The van der Waals surface area contributed by atoms with E-state index < -0.39 is 0 Å². The number of halogens is 1. The highest BCUT2D eigenvalue weighted by atomic mass is 79.9. The molecule has 1 N–H and O–H groups in total. The van der Waals surface area contributed by atoms with Gasteiger partial charge >= 0.3 is 0 Å². The fraction of sp³-hybridized carbons (Fsp3) is 0.600. The topological polar surface area (TPSA) is 49.4 Å². The van der Waals surface area contributed by atoms with Gasteiger partial charge < -0.3 is 10.2 Å². The molecule has 1 aliphatic carbocycles. The van der Waals surface area contributed by atoms with E-state index in [9.17, 15) is 9.59 Å². The van der Waals surface area contributed by atoms with Crippen LogP contribution in [0.15, 0.2) is 28.7 Å². The molecule has 0 radical (unpaired) electrons. The second-order valence-electron chi connectivity index (χ2n) is 6.84. The monoisotopic (exact) mass is 408 g/mol. The van der Waals surface area contributed by atoms with E-state index in [1.165, 1.54) is 12.0 Å². The number of nitrogens with one attached hydrogen (secondary N) is 1. The summed E-state index contributed by atoms with van der Waals surface area (Å²) in [5.41, 5.74) is 1.38. The summed E-state index contributed by atoms with van der Waals surface area (Å²) >= 11 is 3.54. The molecular weight excluding hydrogens is 380 g/mol. The highest BCUT2D eigenvalue weighted by molar-refractivity contribution is 9.10. The molecule has 0 aliphatic heterocycles. The zero-order valence-corrected chi connectivity index (χ0v) is 16.9. The Labute approximate surface area is 159 Å². The lowest BCUT2D eigenvalue weighted by molar-refractivity contribution is -0.131. The second-order valence-corrected chi connectivity index (χ2v) is 7.76. The van der Waals surface area contributed by atoms with Crippen molar-refractivity contribution in [2.75, 3.05) is 19.6 Å². The van der Waals surface area contributed by atoms with Crippen LogP contribution in [0.3, 0.4) is 0 Å². The Kier molecular flexibility index (Phi) is 7.48. The average molecular weight is 409 g/mol. The van der Waals surface area contributed by atoms with Crippen molar-refractivity contribution >= 4 is 27.7 Å². The smallest absolute Gasteiger partial charge is 0.222 e. The first-order chi connectivity index (χ1) is 12.0. The Morgan fingerprint density at radius 3 is 2.48 bits per heavy atom. The van der Waals surface area contributed by atoms with Crippen molar-refractivity contribution in [2.24, 2.45) is 0 Å². The van der Waals surface area contributed by atoms with Crippen LogP contribution in [0.25, 0.3) is 0 Å². The van der Waals surface area contributed by atoms with Crippen LogP contribution in [0.1, 0.15) is 57.9 Å². The number of carbonyl (C=O) groups excluding carboxylic acids is 2. The van der Waals surface area contributed by atoms with Gasteiger partial charge in [0.25, 0.3) is 0 Å². The average Bonchev–Trinajstić information content (AvgIpc) is 2.55. The van der Waals surface area contributed by atoms with Crippen molar-refractivity contribution in [3.8, 4) is 0 Å². The SMILES string of the molecule is CCN(CC)C(=O)CCCC(=O)NCC1(c2cccc(Br)c2)CCC1. The molecule has 138 valence electrons. The number of amides is 2. The minimum absolute atomic E-state index is 0.0496. The normalized spacial score (nSPS) is 15.3. The van der Waals surface area contributed by atoms with Gasteiger partial charge in [-0.2, -0.15) is 0 Å². The van der Waals surface area contributed by atoms with E-state index in [0.29, 0.717) is 25.8 Å². The van der Waals surface area contributed by atoms with Crippen molar-refractivity contribution in [2.45, 2.75) is 57.8 Å². The van der Waals surface area contributed by atoms with E-state index in [0.717, 1.165) is 30.4 Å². The summed E-state index contributed by atoms with van der Waals surface area (Å²) in [6, 6.07) is 8.40. The molecule has 0 aromatic heterocycles. The zero-order valence-electron chi connectivity index (χ0n) is 15.3. The Balaban J connectivity index is 1.78. The Hall–Kier alpha value is -1.36. The highest BCUT2D eigenvalue weighted by Crippen LogP contribution is 2.43. The van der Waals surface area contributed by atoms with Crippen LogP contribution < -0.4 is 5.32 Å². The molecule has 0 spiro atoms. The van der Waals surface area contributed by atoms with Crippen LogP contribution in [0.4, 0.5) is 0 Å². The molecule has 0 saturated heterocycles. The van der Waals surface area contributed by atoms with Crippen molar-refractivity contribution in [1.82, 2.24) is 10.2 Å². The standard InChI is InChI=1S/C20H29BrN2O2/c1-3-23(4-2)19(25)11-6-10-18(24)22-15-20(12-7-13-20)16-8-5-9-17(21)14-16/h5,8-9,14H,3-4,6-7,10-13,15H2,1-2H3,(H,22,24). The van der Waals surface area contributed by atoms with Gasteiger partial charge in [-0.05, 0) is 50.8 Å². The predicted molar refractivity (Wildman–Crippen MR) is 104 cm³/mol. The van der Waals surface area contributed by atoms with E-state index in [4.69, 9.17) is 0 Å². The molecule has 25 heavy (non-hydrogen) atoms. The van der Waals surface area contributed by atoms with Crippen LogP contribution in [0, 0.1) is 0 Å². The molecule has 2 rings (SSSR count). The third kappa shape index (κ3) is 5.30. The molecule has 1 fully saturated rings. The molecular formula is C20H29BrN2O2. The molecule has 1 aromatic rings. The van der Waals surface area contributed by atoms with Gasteiger partial charge in [0.15, 0.2) is 0 Å². The van der Waals surface area contributed by atoms with Gasteiger partial charge in [-0.3, -0.25) is 9.59 Å². The van der Waals surface area contributed by atoms with Crippen LogP contribution in [0.2, 0.25) is 0 Å². The van der Waals surface area contributed by atoms with E-state index in [1.807, 2.05) is 24.8 Å². The van der Waals surface area contributed by atoms with E-state index in [2.05, 4.69) is 39.4 Å². The number of hydrogen-bond acceptors (Lipinski definition) is 2. The van der Waals surface area contributed by atoms with Crippen molar-refractivity contribution in [3.05, 3.63) is 34.3 Å². The van der Waals surface area contributed by atoms with Gasteiger partial charge in [0.1, 0.15) is 0 Å². The van der Waals surface area contributed by atoms with Gasteiger partial charge in [0.05, 0.1) is 0 Å². The Morgan fingerprint density at radius 1 is 1.20 bits per heavy atom. The molecule has 0 heterocycles. The largest absolute Gasteiger partial charge is 0.355 e. The van der Waals surface area contributed by atoms with Gasteiger partial charge in [0.2, 0.25) is 11.8 Å². The first-order valence-corrected chi connectivity index (χ1v) is 10.1. The Bertz CT molecular complexity index is 595.